The molecular formula is C15H27N3. The van der Waals surface area contributed by atoms with Crippen LogP contribution in [0.1, 0.15) is 45.0 Å². The summed E-state index contributed by atoms with van der Waals surface area (Å²) < 4.78 is 2.07. The van der Waals surface area contributed by atoms with Crippen molar-refractivity contribution < 1.29 is 0 Å². The van der Waals surface area contributed by atoms with Gasteiger partial charge in [-0.2, -0.15) is 5.10 Å². The van der Waals surface area contributed by atoms with Crippen LogP contribution in [0.3, 0.4) is 0 Å². The van der Waals surface area contributed by atoms with Gasteiger partial charge in [0.1, 0.15) is 0 Å². The fourth-order valence-corrected chi connectivity index (χ4v) is 2.87. The van der Waals surface area contributed by atoms with E-state index in [-0.39, 0.29) is 0 Å². The minimum atomic E-state index is 0.398. The topological polar surface area (TPSA) is 29.9 Å². The molecule has 3 heteroatoms. The summed E-state index contributed by atoms with van der Waals surface area (Å²) in [6.07, 6.45) is 4.98. The molecule has 1 aromatic heterocycles. The lowest BCUT2D eigenvalue weighted by Gasteiger charge is -2.30. The van der Waals surface area contributed by atoms with Crippen molar-refractivity contribution in [2.75, 3.05) is 13.1 Å². The van der Waals surface area contributed by atoms with Gasteiger partial charge in [0, 0.05) is 19.3 Å². The summed E-state index contributed by atoms with van der Waals surface area (Å²) >= 11 is 0. The van der Waals surface area contributed by atoms with Gasteiger partial charge in [-0.25, -0.2) is 0 Å². The Kier molecular flexibility index (Phi) is 4.10. The number of aromatic nitrogens is 2. The maximum atomic E-state index is 4.57. The fourth-order valence-electron chi connectivity index (χ4n) is 2.87. The van der Waals surface area contributed by atoms with Crippen LogP contribution >= 0.6 is 0 Å². The molecule has 1 aliphatic rings. The molecule has 1 N–H and O–H groups in total. The van der Waals surface area contributed by atoms with Crippen LogP contribution < -0.4 is 5.32 Å². The van der Waals surface area contributed by atoms with Crippen molar-refractivity contribution in [3.05, 3.63) is 17.5 Å². The molecule has 1 aromatic rings. The predicted octanol–water partition coefficient (Wildman–Crippen LogP) is 2.55. The van der Waals surface area contributed by atoms with E-state index in [1.54, 1.807) is 0 Å². The molecule has 2 rings (SSSR count). The SMILES string of the molecule is CCNCC(C)(Cc1cc(CC)nn1C)C1CC1. The van der Waals surface area contributed by atoms with Crippen LogP contribution in [0.4, 0.5) is 0 Å². The summed E-state index contributed by atoms with van der Waals surface area (Å²) in [4.78, 5) is 0. The van der Waals surface area contributed by atoms with Crippen molar-refractivity contribution in [1.29, 1.82) is 0 Å². The lowest BCUT2D eigenvalue weighted by molar-refractivity contribution is 0.252. The summed E-state index contributed by atoms with van der Waals surface area (Å²) in [5.41, 5.74) is 3.00. The molecule has 1 unspecified atom stereocenters. The van der Waals surface area contributed by atoms with E-state index in [0.29, 0.717) is 5.41 Å². The van der Waals surface area contributed by atoms with E-state index in [9.17, 15) is 0 Å². The van der Waals surface area contributed by atoms with Crippen LogP contribution in [0.25, 0.3) is 0 Å². The summed E-state index contributed by atoms with van der Waals surface area (Å²) in [7, 11) is 2.08. The van der Waals surface area contributed by atoms with E-state index < -0.39 is 0 Å². The van der Waals surface area contributed by atoms with Crippen molar-refractivity contribution in [1.82, 2.24) is 15.1 Å². The number of nitrogens with one attached hydrogen (secondary N) is 1. The van der Waals surface area contributed by atoms with Gasteiger partial charge in [0.15, 0.2) is 0 Å². The van der Waals surface area contributed by atoms with Gasteiger partial charge in [-0.3, -0.25) is 4.68 Å². The largest absolute Gasteiger partial charge is 0.316 e. The van der Waals surface area contributed by atoms with E-state index >= 15 is 0 Å². The smallest absolute Gasteiger partial charge is 0.0624 e. The van der Waals surface area contributed by atoms with Crippen molar-refractivity contribution in [2.45, 2.75) is 46.5 Å². The molecule has 1 fully saturated rings. The summed E-state index contributed by atoms with van der Waals surface area (Å²) in [6, 6.07) is 2.28. The van der Waals surface area contributed by atoms with Crippen LogP contribution in [0, 0.1) is 11.3 Å². The van der Waals surface area contributed by atoms with Crippen molar-refractivity contribution >= 4 is 0 Å². The van der Waals surface area contributed by atoms with Gasteiger partial charge < -0.3 is 5.32 Å². The van der Waals surface area contributed by atoms with Crippen molar-refractivity contribution in [3.63, 3.8) is 0 Å². The normalized spacial score (nSPS) is 18.9. The standard InChI is InChI=1S/C15H27N3/c1-5-13-9-14(18(4)17-13)10-15(3,11-16-6-2)12-7-8-12/h9,12,16H,5-8,10-11H2,1-4H3. The number of hydrogen-bond donors (Lipinski definition) is 1. The summed E-state index contributed by atoms with van der Waals surface area (Å²) in [5, 5.41) is 8.11. The Morgan fingerprint density at radius 1 is 1.44 bits per heavy atom. The second-order valence-corrected chi connectivity index (χ2v) is 5.99. The van der Waals surface area contributed by atoms with Gasteiger partial charge in [0.2, 0.25) is 0 Å². The van der Waals surface area contributed by atoms with Gasteiger partial charge in [-0.15, -0.1) is 0 Å². The third kappa shape index (κ3) is 2.94. The number of aryl methyl sites for hydroxylation is 2. The highest BCUT2D eigenvalue weighted by atomic mass is 15.3. The zero-order valence-electron chi connectivity index (χ0n) is 12.3. The molecule has 1 saturated carbocycles. The molecule has 0 aromatic carbocycles. The predicted molar refractivity (Wildman–Crippen MR) is 75.7 cm³/mol. The van der Waals surface area contributed by atoms with Gasteiger partial charge in [-0.1, -0.05) is 20.8 Å². The van der Waals surface area contributed by atoms with Crippen LogP contribution in [-0.2, 0) is 19.9 Å². The second kappa shape index (κ2) is 5.43. The van der Waals surface area contributed by atoms with Crippen molar-refractivity contribution in [3.8, 4) is 0 Å². The van der Waals surface area contributed by atoms with E-state index in [2.05, 4.69) is 49.0 Å². The quantitative estimate of drug-likeness (QED) is 0.805. The Morgan fingerprint density at radius 3 is 2.67 bits per heavy atom. The Bertz CT molecular complexity index is 392. The van der Waals surface area contributed by atoms with Crippen LogP contribution in [0.5, 0.6) is 0 Å². The monoisotopic (exact) mass is 249 g/mol. The molecule has 0 radical (unpaired) electrons. The molecule has 102 valence electrons. The molecule has 0 aliphatic heterocycles. The third-order valence-corrected chi connectivity index (χ3v) is 4.32. The lowest BCUT2D eigenvalue weighted by atomic mass is 9.80. The van der Waals surface area contributed by atoms with E-state index in [1.807, 2.05) is 0 Å². The zero-order chi connectivity index (χ0) is 13.2. The molecule has 0 amide bonds. The highest BCUT2D eigenvalue weighted by Gasteiger charge is 2.41. The molecule has 0 saturated heterocycles. The lowest BCUT2D eigenvalue weighted by Crippen LogP contribution is -2.36. The van der Waals surface area contributed by atoms with Crippen LogP contribution in [0.15, 0.2) is 6.07 Å². The van der Waals surface area contributed by atoms with Gasteiger partial charge in [-0.05, 0) is 49.6 Å². The second-order valence-electron chi connectivity index (χ2n) is 5.99. The third-order valence-electron chi connectivity index (χ3n) is 4.32. The van der Waals surface area contributed by atoms with Gasteiger partial charge in [0.25, 0.3) is 0 Å². The van der Waals surface area contributed by atoms with Crippen LogP contribution in [0.2, 0.25) is 0 Å². The average Bonchev–Trinajstić information content (AvgIpc) is 3.14. The molecule has 0 spiro atoms. The molecule has 1 atom stereocenters. The number of rotatable bonds is 7. The first-order valence-corrected chi connectivity index (χ1v) is 7.31. The van der Waals surface area contributed by atoms with Gasteiger partial charge >= 0.3 is 0 Å². The highest BCUT2D eigenvalue weighted by molar-refractivity contribution is 5.13. The minimum Gasteiger partial charge on any atom is -0.316 e. The van der Waals surface area contributed by atoms with E-state index in [1.165, 1.54) is 24.2 Å². The summed E-state index contributed by atoms with van der Waals surface area (Å²) in [5.74, 6) is 0.900. The van der Waals surface area contributed by atoms with Crippen molar-refractivity contribution in [2.24, 2.45) is 18.4 Å². The Balaban J connectivity index is 2.09. The molecule has 18 heavy (non-hydrogen) atoms. The van der Waals surface area contributed by atoms with Gasteiger partial charge in [0.05, 0.1) is 5.69 Å². The first-order valence-electron chi connectivity index (χ1n) is 7.31. The zero-order valence-corrected chi connectivity index (χ0v) is 12.3. The highest BCUT2D eigenvalue weighted by Crippen LogP contribution is 2.47. The Morgan fingerprint density at radius 2 is 2.17 bits per heavy atom. The van der Waals surface area contributed by atoms with E-state index in [4.69, 9.17) is 0 Å². The maximum Gasteiger partial charge on any atom is 0.0624 e. The number of hydrogen-bond acceptors (Lipinski definition) is 2. The average molecular weight is 249 g/mol. The first-order chi connectivity index (χ1) is 8.59. The molecular weight excluding hydrogens is 222 g/mol. The molecule has 1 heterocycles. The number of nitrogens with zero attached hydrogens (tertiary/aromatic N) is 2. The minimum absolute atomic E-state index is 0.398. The maximum absolute atomic E-state index is 4.57. The first kappa shape index (κ1) is 13.6. The fraction of sp³-hybridized carbons (Fsp3) is 0.800. The Hall–Kier alpha value is -0.830. The summed E-state index contributed by atoms with van der Waals surface area (Å²) in [6.45, 7) is 8.98. The molecule has 0 bridgehead atoms. The Labute approximate surface area is 111 Å². The van der Waals surface area contributed by atoms with E-state index in [0.717, 1.165) is 31.8 Å². The molecule has 3 nitrogen and oxygen atoms in total. The van der Waals surface area contributed by atoms with Crippen LogP contribution in [-0.4, -0.2) is 22.9 Å². The molecule has 1 aliphatic carbocycles.